The summed E-state index contributed by atoms with van der Waals surface area (Å²) in [7, 11) is 0. The highest BCUT2D eigenvalue weighted by Gasteiger charge is 2.17. The van der Waals surface area contributed by atoms with E-state index >= 15 is 0 Å². The summed E-state index contributed by atoms with van der Waals surface area (Å²) in [5, 5.41) is 0. The summed E-state index contributed by atoms with van der Waals surface area (Å²) in [6.07, 6.45) is 10.7. The monoisotopic (exact) mass is 230 g/mol. The minimum Gasteiger partial charge on any atom is -0.336 e. The first-order valence-corrected chi connectivity index (χ1v) is 6.35. The Labute approximate surface area is 101 Å². The highest BCUT2D eigenvalue weighted by molar-refractivity contribution is 5.19. The lowest BCUT2D eigenvalue weighted by atomic mass is 10.0. The Morgan fingerprint density at radius 3 is 2.94 bits per heavy atom. The summed E-state index contributed by atoms with van der Waals surface area (Å²) in [6, 6.07) is 0. The number of fused-ring (bicyclic) bond motifs is 1. The maximum atomic E-state index is 4.69. The fourth-order valence-corrected chi connectivity index (χ4v) is 2.67. The number of aromatic nitrogens is 4. The Balaban J connectivity index is 1.80. The van der Waals surface area contributed by atoms with Gasteiger partial charge in [-0.3, -0.25) is 0 Å². The van der Waals surface area contributed by atoms with Crippen molar-refractivity contribution in [1.82, 2.24) is 19.1 Å². The van der Waals surface area contributed by atoms with Gasteiger partial charge in [-0.05, 0) is 32.6 Å². The number of rotatable bonds is 3. The quantitative estimate of drug-likeness (QED) is 0.808. The van der Waals surface area contributed by atoms with Crippen LogP contribution < -0.4 is 0 Å². The number of hydrogen-bond acceptors (Lipinski definition) is 2. The maximum absolute atomic E-state index is 4.69. The summed E-state index contributed by atoms with van der Waals surface area (Å²) >= 11 is 0. The molecule has 0 radical (unpaired) electrons. The van der Waals surface area contributed by atoms with Crippen molar-refractivity contribution in [3.63, 3.8) is 0 Å². The lowest BCUT2D eigenvalue weighted by molar-refractivity contribution is 0.537. The zero-order chi connectivity index (χ0) is 11.7. The molecule has 0 unspecified atom stereocenters. The van der Waals surface area contributed by atoms with Crippen LogP contribution in [0, 0.1) is 6.92 Å². The van der Waals surface area contributed by atoms with Crippen LogP contribution in [-0.2, 0) is 25.9 Å². The average molecular weight is 230 g/mol. The average Bonchev–Trinajstić information content (AvgIpc) is 2.93. The number of imidazole rings is 2. The van der Waals surface area contributed by atoms with Crippen LogP contribution in [-0.4, -0.2) is 19.1 Å². The second-order valence-electron chi connectivity index (χ2n) is 4.71. The molecule has 3 rings (SSSR count). The highest BCUT2D eigenvalue weighted by Crippen LogP contribution is 2.21. The number of nitrogens with zero attached hydrogens (tertiary/aromatic N) is 4. The fourth-order valence-electron chi connectivity index (χ4n) is 2.67. The van der Waals surface area contributed by atoms with Gasteiger partial charge in [-0.1, -0.05) is 0 Å². The van der Waals surface area contributed by atoms with Crippen molar-refractivity contribution in [3.8, 4) is 0 Å². The molecule has 2 aromatic heterocycles. The van der Waals surface area contributed by atoms with E-state index in [-0.39, 0.29) is 0 Å². The van der Waals surface area contributed by atoms with Gasteiger partial charge < -0.3 is 9.13 Å². The normalized spacial score (nSPS) is 14.9. The zero-order valence-corrected chi connectivity index (χ0v) is 10.3. The molecule has 0 saturated carbocycles. The van der Waals surface area contributed by atoms with E-state index in [0.717, 1.165) is 25.3 Å². The smallest absolute Gasteiger partial charge is 0.106 e. The molecular formula is C13H18N4. The van der Waals surface area contributed by atoms with Crippen LogP contribution in [0.3, 0.4) is 0 Å². The van der Waals surface area contributed by atoms with Gasteiger partial charge in [-0.25, -0.2) is 9.97 Å². The molecule has 0 saturated heterocycles. The van der Waals surface area contributed by atoms with E-state index in [4.69, 9.17) is 0 Å². The molecular weight excluding hydrogens is 212 g/mol. The van der Waals surface area contributed by atoms with E-state index in [1.807, 2.05) is 18.7 Å². The van der Waals surface area contributed by atoms with Crippen LogP contribution in [0.2, 0.25) is 0 Å². The number of aryl methyl sites for hydroxylation is 3. The van der Waals surface area contributed by atoms with Crippen LogP contribution in [0.5, 0.6) is 0 Å². The predicted octanol–water partition coefficient (Wildman–Crippen LogP) is 1.97. The van der Waals surface area contributed by atoms with Gasteiger partial charge in [0.25, 0.3) is 0 Å². The fraction of sp³-hybridized carbons (Fsp3) is 0.538. The number of hydrogen-bond donors (Lipinski definition) is 0. The van der Waals surface area contributed by atoms with E-state index < -0.39 is 0 Å². The molecule has 4 nitrogen and oxygen atoms in total. The van der Waals surface area contributed by atoms with Gasteiger partial charge in [0.2, 0.25) is 0 Å². The van der Waals surface area contributed by atoms with Crippen LogP contribution in [0.25, 0.3) is 0 Å². The van der Waals surface area contributed by atoms with E-state index in [0.29, 0.717) is 0 Å². The highest BCUT2D eigenvalue weighted by atomic mass is 15.1. The van der Waals surface area contributed by atoms with Crippen molar-refractivity contribution in [1.29, 1.82) is 0 Å². The molecule has 2 heterocycles. The summed E-state index contributed by atoms with van der Waals surface area (Å²) < 4.78 is 4.50. The molecule has 1 aliphatic carbocycles. The van der Waals surface area contributed by atoms with Crippen molar-refractivity contribution in [2.45, 2.75) is 45.7 Å². The van der Waals surface area contributed by atoms with E-state index in [9.17, 15) is 0 Å². The Morgan fingerprint density at radius 2 is 2.12 bits per heavy atom. The third-order valence-electron chi connectivity index (χ3n) is 3.56. The van der Waals surface area contributed by atoms with E-state index in [2.05, 4.69) is 26.0 Å². The summed E-state index contributed by atoms with van der Waals surface area (Å²) in [4.78, 5) is 8.76. The van der Waals surface area contributed by atoms with Gasteiger partial charge in [0, 0.05) is 31.2 Å². The molecule has 1 aliphatic rings. The molecule has 0 bridgehead atoms. The SMILES string of the molecule is Cc1nc2c(n1CCn1ccnc1)CCCC2. The molecule has 0 amide bonds. The van der Waals surface area contributed by atoms with Crippen LogP contribution in [0.4, 0.5) is 0 Å². The van der Waals surface area contributed by atoms with Gasteiger partial charge in [-0.15, -0.1) is 0 Å². The van der Waals surface area contributed by atoms with Gasteiger partial charge in [0.1, 0.15) is 5.82 Å². The van der Waals surface area contributed by atoms with Crippen LogP contribution in [0.15, 0.2) is 18.7 Å². The topological polar surface area (TPSA) is 35.6 Å². The lowest BCUT2D eigenvalue weighted by Gasteiger charge is -2.14. The van der Waals surface area contributed by atoms with Gasteiger partial charge in [-0.2, -0.15) is 0 Å². The first-order chi connectivity index (χ1) is 8.34. The maximum Gasteiger partial charge on any atom is 0.106 e. The standard InChI is InChI=1S/C13H18N4/c1-11-15-12-4-2-3-5-13(12)17(11)9-8-16-7-6-14-10-16/h6-7,10H,2-5,8-9H2,1H3. The summed E-state index contributed by atoms with van der Waals surface area (Å²) in [5.74, 6) is 1.16. The van der Waals surface area contributed by atoms with Crippen molar-refractivity contribution in [2.75, 3.05) is 0 Å². The predicted molar refractivity (Wildman–Crippen MR) is 65.8 cm³/mol. The Morgan fingerprint density at radius 1 is 1.24 bits per heavy atom. The van der Waals surface area contributed by atoms with Crippen molar-refractivity contribution < 1.29 is 0 Å². The Bertz CT molecular complexity index is 496. The van der Waals surface area contributed by atoms with E-state index in [1.54, 1.807) is 0 Å². The Kier molecular flexibility index (Phi) is 2.71. The minimum absolute atomic E-state index is 0.976. The molecule has 0 fully saturated rings. The largest absolute Gasteiger partial charge is 0.336 e. The lowest BCUT2D eigenvalue weighted by Crippen LogP contribution is -2.13. The molecule has 0 atom stereocenters. The molecule has 0 aromatic carbocycles. The van der Waals surface area contributed by atoms with Crippen molar-refractivity contribution >= 4 is 0 Å². The van der Waals surface area contributed by atoms with Gasteiger partial charge in [0.05, 0.1) is 12.0 Å². The third kappa shape index (κ3) is 1.99. The molecule has 4 heteroatoms. The van der Waals surface area contributed by atoms with Gasteiger partial charge in [0.15, 0.2) is 0 Å². The molecule has 0 aliphatic heterocycles. The third-order valence-corrected chi connectivity index (χ3v) is 3.56. The molecule has 2 aromatic rings. The van der Waals surface area contributed by atoms with Crippen molar-refractivity contribution in [2.24, 2.45) is 0 Å². The first kappa shape index (κ1) is 10.6. The van der Waals surface area contributed by atoms with Gasteiger partial charge >= 0.3 is 0 Å². The Hall–Kier alpha value is -1.58. The second kappa shape index (κ2) is 4.35. The summed E-state index contributed by atoms with van der Waals surface area (Å²) in [5.41, 5.74) is 2.80. The minimum atomic E-state index is 0.976. The second-order valence-corrected chi connectivity index (χ2v) is 4.71. The van der Waals surface area contributed by atoms with Crippen molar-refractivity contribution in [3.05, 3.63) is 35.9 Å². The summed E-state index contributed by atoms with van der Waals surface area (Å²) in [6.45, 7) is 4.10. The van der Waals surface area contributed by atoms with E-state index in [1.165, 1.54) is 30.7 Å². The molecule has 0 spiro atoms. The molecule has 90 valence electrons. The van der Waals surface area contributed by atoms with Crippen LogP contribution >= 0.6 is 0 Å². The van der Waals surface area contributed by atoms with Crippen LogP contribution in [0.1, 0.15) is 30.1 Å². The molecule has 0 N–H and O–H groups in total. The molecule has 17 heavy (non-hydrogen) atoms. The first-order valence-electron chi connectivity index (χ1n) is 6.35. The zero-order valence-electron chi connectivity index (χ0n) is 10.3.